The quantitative estimate of drug-likeness (QED) is 0.696. The van der Waals surface area contributed by atoms with E-state index < -0.39 is 0 Å². The number of hydrogen-bond donors (Lipinski definition) is 3. The highest BCUT2D eigenvalue weighted by atomic mass is 32.1. The molecule has 0 aromatic carbocycles. The Hall–Kier alpha value is -1.56. The zero-order valence-electron chi connectivity index (χ0n) is 9.63. The van der Waals surface area contributed by atoms with Crippen molar-refractivity contribution in [2.75, 3.05) is 24.6 Å². The van der Waals surface area contributed by atoms with Crippen molar-refractivity contribution in [2.45, 2.75) is 13.8 Å². The molecular formula is C10H16N4OS. The van der Waals surface area contributed by atoms with Crippen LogP contribution in [0.5, 0.6) is 0 Å². The van der Waals surface area contributed by atoms with Crippen molar-refractivity contribution in [2.24, 2.45) is 0 Å². The van der Waals surface area contributed by atoms with Crippen LogP contribution >= 0.6 is 11.3 Å². The van der Waals surface area contributed by atoms with Crippen LogP contribution in [0.15, 0.2) is 11.6 Å². The summed E-state index contributed by atoms with van der Waals surface area (Å²) in [7, 11) is 1.74. The van der Waals surface area contributed by atoms with Crippen molar-refractivity contribution in [3.05, 3.63) is 16.5 Å². The number of carbonyl (C=O) groups excluding carboxylic acids is 1. The summed E-state index contributed by atoms with van der Waals surface area (Å²) in [5.74, 6) is 0.0815. The van der Waals surface area contributed by atoms with Crippen LogP contribution in [0.3, 0.4) is 0 Å². The van der Waals surface area contributed by atoms with Crippen molar-refractivity contribution in [1.82, 2.24) is 10.3 Å². The van der Waals surface area contributed by atoms with E-state index in [1.54, 1.807) is 7.05 Å². The van der Waals surface area contributed by atoms with Gasteiger partial charge in [-0.15, -0.1) is 0 Å². The molecule has 0 saturated carbocycles. The summed E-state index contributed by atoms with van der Waals surface area (Å²) >= 11 is 1.25. The molecule has 0 atom stereocenters. The van der Waals surface area contributed by atoms with Crippen molar-refractivity contribution in [3.8, 4) is 0 Å². The van der Waals surface area contributed by atoms with E-state index in [1.165, 1.54) is 11.3 Å². The largest absolute Gasteiger partial charge is 0.382 e. The number of anilines is 2. The van der Waals surface area contributed by atoms with Gasteiger partial charge >= 0.3 is 0 Å². The lowest BCUT2D eigenvalue weighted by molar-refractivity contribution is 0.0962. The molecule has 0 saturated heterocycles. The highest BCUT2D eigenvalue weighted by Crippen LogP contribution is 2.23. The van der Waals surface area contributed by atoms with E-state index >= 15 is 0 Å². The maximum atomic E-state index is 11.7. The standard InChI is InChI=1S/C10H16N4OS/c1-6(2)4-5-13-9(15)7-8(11)14-10(12-3)16-7/h4H,5,11H2,1-3H3,(H,12,14)(H,13,15). The maximum absolute atomic E-state index is 11.7. The molecule has 4 N–H and O–H groups in total. The van der Waals surface area contributed by atoms with E-state index in [9.17, 15) is 4.79 Å². The Morgan fingerprint density at radius 1 is 1.56 bits per heavy atom. The third-order valence-electron chi connectivity index (χ3n) is 1.85. The number of allylic oxidation sites excluding steroid dienone is 1. The first kappa shape index (κ1) is 12.5. The Kier molecular flexibility index (Phi) is 4.30. The van der Waals surface area contributed by atoms with Gasteiger partial charge in [-0.2, -0.15) is 0 Å². The Labute approximate surface area is 98.8 Å². The minimum absolute atomic E-state index is 0.186. The monoisotopic (exact) mass is 240 g/mol. The van der Waals surface area contributed by atoms with Crippen LogP contribution in [0.4, 0.5) is 10.9 Å². The van der Waals surface area contributed by atoms with E-state index in [0.29, 0.717) is 16.6 Å². The molecule has 88 valence electrons. The number of thiazole rings is 1. The molecule has 1 rings (SSSR count). The second kappa shape index (κ2) is 5.50. The molecule has 1 aromatic heterocycles. The molecule has 1 heterocycles. The van der Waals surface area contributed by atoms with Crippen LogP contribution < -0.4 is 16.4 Å². The Morgan fingerprint density at radius 3 is 2.75 bits per heavy atom. The van der Waals surface area contributed by atoms with Crippen molar-refractivity contribution in [1.29, 1.82) is 0 Å². The molecular weight excluding hydrogens is 224 g/mol. The summed E-state index contributed by atoms with van der Waals surface area (Å²) in [6.07, 6.45) is 1.94. The number of rotatable bonds is 4. The predicted molar refractivity (Wildman–Crippen MR) is 67.8 cm³/mol. The molecule has 1 aromatic rings. The number of nitrogen functional groups attached to an aromatic ring is 1. The van der Waals surface area contributed by atoms with Crippen molar-refractivity contribution in [3.63, 3.8) is 0 Å². The highest BCUT2D eigenvalue weighted by Gasteiger charge is 2.14. The average molecular weight is 240 g/mol. The molecule has 0 radical (unpaired) electrons. The minimum atomic E-state index is -0.186. The zero-order valence-corrected chi connectivity index (χ0v) is 10.4. The maximum Gasteiger partial charge on any atom is 0.265 e. The van der Waals surface area contributed by atoms with Gasteiger partial charge in [-0.1, -0.05) is 23.0 Å². The van der Waals surface area contributed by atoms with Gasteiger partial charge in [-0.25, -0.2) is 4.98 Å². The van der Waals surface area contributed by atoms with Gasteiger partial charge in [0.15, 0.2) is 5.13 Å². The third kappa shape index (κ3) is 3.23. The van der Waals surface area contributed by atoms with Crippen molar-refractivity contribution < 1.29 is 4.79 Å². The molecule has 5 nitrogen and oxygen atoms in total. The SMILES string of the molecule is CNc1nc(N)c(C(=O)NCC=C(C)C)s1. The number of carbonyl (C=O) groups is 1. The van der Waals surface area contributed by atoms with E-state index in [4.69, 9.17) is 5.73 Å². The van der Waals surface area contributed by atoms with Gasteiger partial charge in [0.2, 0.25) is 0 Å². The van der Waals surface area contributed by atoms with E-state index in [2.05, 4.69) is 15.6 Å². The molecule has 0 bridgehead atoms. The average Bonchev–Trinajstić information content (AvgIpc) is 2.59. The molecule has 0 aliphatic rings. The van der Waals surface area contributed by atoms with Gasteiger partial charge in [0.1, 0.15) is 10.7 Å². The molecule has 0 aliphatic heterocycles. The lowest BCUT2D eigenvalue weighted by Gasteiger charge is -2.00. The summed E-state index contributed by atoms with van der Waals surface area (Å²) < 4.78 is 0. The Balaban J connectivity index is 2.65. The fourth-order valence-electron chi connectivity index (χ4n) is 1.03. The Morgan fingerprint density at radius 2 is 2.25 bits per heavy atom. The summed E-state index contributed by atoms with van der Waals surface area (Å²) in [4.78, 5) is 16.2. The molecule has 6 heteroatoms. The third-order valence-corrected chi connectivity index (χ3v) is 2.93. The van der Waals surface area contributed by atoms with Crippen LogP contribution in [-0.4, -0.2) is 24.5 Å². The summed E-state index contributed by atoms with van der Waals surface area (Å²) in [6, 6.07) is 0. The summed E-state index contributed by atoms with van der Waals surface area (Å²) in [5.41, 5.74) is 6.79. The lowest BCUT2D eigenvalue weighted by Crippen LogP contribution is -2.23. The zero-order chi connectivity index (χ0) is 12.1. The lowest BCUT2D eigenvalue weighted by atomic mass is 10.3. The fraction of sp³-hybridized carbons (Fsp3) is 0.400. The normalized spacial score (nSPS) is 9.69. The predicted octanol–water partition coefficient (Wildman–Crippen LogP) is 1.46. The van der Waals surface area contributed by atoms with Crippen LogP contribution in [0.2, 0.25) is 0 Å². The number of hydrogen-bond acceptors (Lipinski definition) is 5. The van der Waals surface area contributed by atoms with Crippen LogP contribution in [0.25, 0.3) is 0 Å². The van der Waals surface area contributed by atoms with Gasteiger partial charge in [0.25, 0.3) is 5.91 Å². The van der Waals surface area contributed by atoms with Crippen LogP contribution in [0.1, 0.15) is 23.5 Å². The highest BCUT2D eigenvalue weighted by molar-refractivity contribution is 7.18. The number of nitrogens with one attached hydrogen (secondary N) is 2. The van der Waals surface area contributed by atoms with Crippen LogP contribution in [-0.2, 0) is 0 Å². The summed E-state index contributed by atoms with van der Waals surface area (Å²) in [6.45, 7) is 4.46. The first-order chi connectivity index (χ1) is 7.54. The van der Waals surface area contributed by atoms with Crippen molar-refractivity contribution >= 4 is 28.2 Å². The number of nitrogens with zero attached hydrogens (tertiary/aromatic N) is 1. The molecule has 0 spiro atoms. The minimum Gasteiger partial charge on any atom is -0.382 e. The molecule has 0 aliphatic carbocycles. The second-order valence-corrected chi connectivity index (χ2v) is 4.47. The van der Waals surface area contributed by atoms with Gasteiger partial charge in [-0.05, 0) is 13.8 Å². The van der Waals surface area contributed by atoms with Gasteiger partial charge in [0, 0.05) is 13.6 Å². The second-order valence-electron chi connectivity index (χ2n) is 3.47. The Bertz CT molecular complexity index is 407. The smallest absolute Gasteiger partial charge is 0.265 e. The molecule has 1 amide bonds. The fourth-order valence-corrected chi connectivity index (χ4v) is 1.78. The van der Waals surface area contributed by atoms with E-state index in [0.717, 1.165) is 5.57 Å². The van der Waals surface area contributed by atoms with Gasteiger partial charge in [0.05, 0.1) is 0 Å². The van der Waals surface area contributed by atoms with Gasteiger partial charge in [-0.3, -0.25) is 4.79 Å². The van der Waals surface area contributed by atoms with Gasteiger partial charge < -0.3 is 16.4 Å². The molecule has 0 unspecified atom stereocenters. The van der Waals surface area contributed by atoms with E-state index in [-0.39, 0.29) is 11.7 Å². The molecule has 16 heavy (non-hydrogen) atoms. The van der Waals surface area contributed by atoms with Crippen LogP contribution in [0, 0.1) is 0 Å². The first-order valence-electron chi connectivity index (χ1n) is 4.90. The molecule has 0 fully saturated rings. The first-order valence-corrected chi connectivity index (χ1v) is 5.72. The number of aromatic nitrogens is 1. The summed E-state index contributed by atoms with van der Waals surface area (Å²) in [5, 5.41) is 6.25. The van der Waals surface area contributed by atoms with E-state index in [1.807, 2.05) is 19.9 Å². The number of amides is 1. The number of nitrogens with two attached hydrogens (primary N) is 1. The topological polar surface area (TPSA) is 80.0 Å².